The molecule has 2 rings (SSSR count). The third-order valence-electron chi connectivity index (χ3n) is 3.30. The first-order chi connectivity index (χ1) is 12.0. The summed E-state index contributed by atoms with van der Waals surface area (Å²) in [6, 6.07) is 14.1. The van der Waals surface area contributed by atoms with Crippen molar-refractivity contribution in [2.24, 2.45) is 0 Å². The van der Waals surface area contributed by atoms with Gasteiger partial charge in [0.2, 0.25) is 11.8 Å². The van der Waals surface area contributed by atoms with Crippen LogP contribution in [-0.4, -0.2) is 22.8 Å². The highest BCUT2D eigenvalue weighted by Crippen LogP contribution is 2.17. The molecule has 2 aromatic carbocycles. The lowest BCUT2D eigenvalue weighted by Gasteiger charge is -2.12. The standard InChI is InChI=1S/C18H17N3O4/c1-13(19-17(22)11-10-14-6-3-2-4-7-14)18(23)20-15-8-5-9-16(12-15)21(24)25/h2-13H,1H3,(H,19,22)(H,20,23)/b11-10+/t13-/m0/s1. The molecule has 1 atom stereocenters. The molecule has 0 saturated heterocycles. The first kappa shape index (κ1) is 17.9. The zero-order chi connectivity index (χ0) is 18.2. The second kappa shape index (κ2) is 8.39. The van der Waals surface area contributed by atoms with Crippen LogP contribution >= 0.6 is 0 Å². The molecule has 0 heterocycles. The van der Waals surface area contributed by atoms with Crippen LogP contribution in [0.3, 0.4) is 0 Å². The summed E-state index contributed by atoms with van der Waals surface area (Å²) in [4.78, 5) is 34.1. The van der Waals surface area contributed by atoms with E-state index in [9.17, 15) is 19.7 Å². The Balaban J connectivity index is 1.91. The molecule has 0 aliphatic heterocycles. The second-order valence-electron chi connectivity index (χ2n) is 5.27. The molecule has 7 nitrogen and oxygen atoms in total. The monoisotopic (exact) mass is 339 g/mol. The average Bonchev–Trinajstić information content (AvgIpc) is 2.61. The molecule has 0 aliphatic rings. The molecule has 0 aromatic heterocycles. The van der Waals surface area contributed by atoms with E-state index in [0.29, 0.717) is 5.69 Å². The number of non-ortho nitro benzene ring substituents is 1. The van der Waals surface area contributed by atoms with Crippen LogP contribution in [0.4, 0.5) is 11.4 Å². The van der Waals surface area contributed by atoms with Crippen LogP contribution in [0, 0.1) is 10.1 Å². The van der Waals surface area contributed by atoms with Gasteiger partial charge in [-0.25, -0.2) is 0 Å². The van der Waals surface area contributed by atoms with E-state index >= 15 is 0 Å². The van der Waals surface area contributed by atoms with E-state index in [1.165, 1.54) is 37.3 Å². The van der Waals surface area contributed by atoms with Crippen molar-refractivity contribution < 1.29 is 14.5 Å². The van der Waals surface area contributed by atoms with E-state index in [1.807, 2.05) is 30.3 Å². The van der Waals surface area contributed by atoms with Crippen molar-refractivity contribution in [3.63, 3.8) is 0 Å². The molecule has 0 radical (unpaired) electrons. The minimum atomic E-state index is -0.799. The first-order valence-electron chi connectivity index (χ1n) is 7.54. The topological polar surface area (TPSA) is 101 Å². The van der Waals surface area contributed by atoms with E-state index < -0.39 is 22.8 Å². The smallest absolute Gasteiger partial charge is 0.271 e. The van der Waals surface area contributed by atoms with Gasteiger partial charge in [-0.3, -0.25) is 19.7 Å². The molecule has 0 saturated carbocycles. The van der Waals surface area contributed by atoms with Gasteiger partial charge in [-0.15, -0.1) is 0 Å². The van der Waals surface area contributed by atoms with Gasteiger partial charge in [0, 0.05) is 23.9 Å². The van der Waals surface area contributed by atoms with Gasteiger partial charge in [0.25, 0.3) is 5.69 Å². The van der Waals surface area contributed by atoms with Gasteiger partial charge in [0.15, 0.2) is 0 Å². The third-order valence-corrected chi connectivity index (χ3v) is 3.30. The zero-order valence-electron chi connectivity index (χ0n) is 13.5. The van der Waals surface area contributed by atoms with E-state index in [1.54, 1.807) is 6.08 Å². The number of nitrogens with one attached hydrogen (secondary N) is 2. The number of benzene rings is 2. The van der Waals surface area contributed by atoms with Crippen LogP contribution in [0.1, 0.15) is 12.5 Å². The number of carbonyl (C=O) groups excluding carboxylic acids is 2. The summed E-state index contributed by atoms with van der Waals surface area (Å²) in [5, 5.41) is 15.8. The number of anilines is 1. The van der Waals surface area contributed by atoms with Gasteiger partial charge in [0.05, 0.1) is 4.92 Å². The Morgan fingerprint density at radius 3 is 2.52 bits per heavy atom. The molecule has 2 amide bonds. The number of amides is 2. The molecule has 25 heavy (non-hydrogen) atoms. The molecule has 0 bridgehead atoms. The molecule has 2 aromatic rings. The number of nitrogens with zero attached hydrogens (tertiary/aromatic N) is 1. The van der Waals surface area contributed by atoms with Crippen molar-refractivity contribution in [1.29, 1.82) is 0 Å². The lowest BCUT2D eigenvalue weighted by atomic mass is 10.2. The van der Waals surface area contributed by atoms with E-state index in [-0.39, 0.29) is 5.69 Å². The summed E-state index contributed by atoms with van der Waals surface area (Å²) >= 11 is 0. The van der Waals surface area contributed by atoms with Crippen molar-refractivity contribution >= 4 is 29.3 Å². The predicted octanol–water partition coefficient (Wildman–Crippen LogP) is 2.75. The normalized spacial score (nSPS) is 11.7. The van der Waals surface area contributed by atoms with Crippen LogP contribution in [0.15, 0.2) is 60.7 Å². The Hall–Kier alpha value is -3.48. The lowest BCUT2D eigenvalue weighted by Crippen LogP contribution is -2.40. The largest absolute Gasteiger partial charge is 0.341 e. The Labute approximate surface area is 144 Å². The van der Waals surface area contributed by atoms with Crippen molar-refractivity contribution in [2.45, 2.75) is 13.0 Å². The molecule has 0 spiro atoms. The van der Waals surface area contributed by atoms with Crippen LogP contribution in [0.2, 0.25) is 0 Å². The minimum absolute atomic E-state index is 0.125. The van der Waals surface area contributed by atoms with Crippen molar-refractivity contribution in [1.82, 2.24) is 5.32 Å². The van der Waals surface area contributed by atoms with E-state index in [0.717, 1.165) is 5.56 Å². The highest BCUT2D eigenvalue weighted by molar-refractivity contribution is 5.99. The van der Waals surface area contributed by atoms with Gasteiger partial charge in [-0.05, 0) is 24.6 Å². The maximum atomic E-state index is 12.1. The average molecular weight is 339 g/mol. The highest BCUT2D eigenvalue weighted by atomic mass is 16.6. The molecule has 2 N–H and O–H groups in total. The molecular formula is C18H17N3O4. The summed E-state index contributed by atoms with van der Waals surface area (Å²) in [6.45, 7) is 1.53. The molecular weight excluding hydrogens is 322 g/mol. The fourth-order valence-electron chi connectivity index (χ4n) is 2.01. The maximum absolute atomic E-state index is 12.1. The van der Waals surface area contributed by atoms with Gasteiger partial charge in [-0.1, -0.05) is 36.4 Å². The number of hydrogen-bond donors (Lipinski definition) is 2. The predicted molar refractivity (Wildman–Crippen MR) is 94.8 cm³/mol. The summed E-state index contributed by atoms with van der Waals surface area (Å²) in [7, 11) is 0. The van der Waals surface area contributed by atoms with Crippen LogP contribution < -0.4 is 10.6 Å². The van der Waals surface area contributed by atoms with Gasteiger partial charge in [-0.2, -0.15) is 0 Å². The fourth-order valence-corrected chi connectivity index (χ4v) is 2.01. The van der Waals surface area contributed by atoms with Gasteiger partial charge in [0.1, 0.15) is 6.04 Å². The van der Waals surface area contributed by atoms with Crippen LogP contribution in [-0.2, 0) is 9.59 Å². The summed E-state index contributed by atoms with van der Waals surface area (Å²) in [5.74, 6) is -0.882. The summed E-state index contributed by atoms with van der Waals surface area (Å²) in [6.07, 6.45) is 2.98. The first-order valence-corrected chi connectivity index (χ1v) is 7.54. The maximum Gasteiger partial charge on any atom is 0.271 e. The molecule has 0 unspecified atom stereocenters. The molecule has 0 fully saturated rings. The summed E-state index contributed by atoms with van der Waals surface area (Å²) in [5.41, 5.74) is 1.03. The van der Waals surface area contributed by atoms with Gasteiger partial charge < -0.3 is 10.6 Å². The van der Waals surface area contributed by atoms with Crippen LogP contribution in [0.5, 0.6) is 0 Å². The molecule has 7 heteroatoms. The summed E-state index contributed by atoms with van der Waals surface area (Å²) < 4.78 is 0. The molecule has 128 valence electrons. The van der Waals surface area contributed by atoms with Crippen molar-refractivity contribution in [2.75, 3.05) is 5.32 Å². The van der Waals surface area contributed by atoms with Crippen LogP contribution in [0.25, 0.3) is 6.08 Å². The SMILES string of the molecule is C[C@H](NC(=O)/C=C/c1ccccc1)C(=O)Nc1cccc([N+](=O)[O-])c1. The quantitative estimate of drug-likeness (QED) is 0.480. The van der Waals surface area contributed by atoms with Crippen molar-refractivity contribution in [3.05, 3.63) is 76.4 Å². The highest BCUT2D eigenvalue weighted by Gasteiger charge is 2.15. The van der Waals surface area contributed by atoms with Gasteiger partial charge >= 0.3 is 0 Å². The minimum Gasteiger partial charge on any atom is -0.341 e. The van der Waals surface area contributed by atoms with E-state index in [4.69, 9.17) is 0 Å². The fraction of sp³-hybridized carbons (Fsp3) is 0.111. The Morgan fingerprint density at radius 2 is 1.84 bits per heavy atom. The van der Waals surface area contributed by atoms with Crippen molar-refractivity contribution in [3.8, 4) is 0 Å². The Kier molecular flexibility index (Phi) is 6.00. The number of nitro groups is 1. The lowest BCUT2D eigenvalue weighted by molar-refractivity contribution is -0.384. The molecule has 0 aliphatic carbocycles. The number of nitro benzene ring substituents is 1. The third kappa shape index (κ3) is 5.58. The number of carbonyl (C=O) groups is 2. The number of rotatable bonds is 6. The second-order valence-corrected chi connectivity index (χ2v) is 5.27. The zero-order valence-corrected chi connectivity index (χ0v) is 13.5. The van der Waals surface area contributed by atoms with E-state index in [2.05, 4.69) is 10.6 Å². The number of hydrogen-bond acceptors (Lipinski definition) is 4. The Bertz CT molecular complexity index is 803. The Morgan fingerprint density at radius 1 is 1.12 bits per heavy atom.